The zero-order valence-corrected chi connectivity index (χ0v) is 9.42. The summed E-state index contributed by atoms with van der Waals surface area (Å²) in [7, 11) is 0. The molecule has 1 fully saturated rings. The van der Waals surface area contributed by atoms with Gasteiger partial charge in [-0.05, 0) is 24.5 Å². The molecular weight excluding hydrogens is 226 g/mol. The van der Waals surface area contributed by atoms with Crippen LogP contribution in [-0.2, 0) is 4.74 Å². The molecule has 2 nitrogen and oxygen atoms in total. The van der Waals surface area contributed by atoms with E-state index < -0.39 is 17.6 Å². The van der Waals surface area contributed by atoms with Crippen molar-refractivity contribution in [2.24, 2.45) is 5.92 Å². The number of hydrogen-bond donors (Lipinski definition) is 0. The average molecular weight is 240 g/mol. The summed E-state index contributed by atoms with van der Waals surface area (Å²) in [5, 5.41) is 0. The summed E-state index contributed by atoms with van der Waals surface area (Å²) in [5.74, 6) is -2.33. The predicted octanol–water partition coefficient (Wildman–Crippen LogP) is 3.31. The second kappa shape index (κ2) is 5.25. The van der Waals surface area contributed by atoms with Gasteiger partial charge in [0.2, 0.25) is 0 Å². The van der Waals surface area contributed by atoms with E-state index in [9.17, 15) is 13.6 Å². The van der Waals surface area contributed by atoms with E-state index in [1.165, 1.54) is 31.4 Å². The maximum absolute atomic E-state index is 13.2. The van der Waals surface area contributed by atoms with Gasteiger partial charge in [-0.1, -0.05) is 25.3 Å². The van der Waals surface area contributed by atoms with Gasteiger partial charge in [0.1, 0.15) is 0 Å². The van der Waals surface area contributed by atoms with Crippen LogP contribution in [0.2, 0.25) is 0 Å². The number of benzene rings is 1. The summed E-state index contributed by atoms with van der Waals surface area (Å²) in [6.45, 7) is 0.277. The molecular formula is C13H14F2O2. The van der Waals surface area contributed by atoms with Gasteiger partial charge in [0, 0.05) is 0 Å². The van der Waals surface area contributed by atoms with Crippen LogP contribution >= 0.6 is 0 Å². The second-order valence-electron chi connectivity index (χ2n) is 4.32. The molecule has 1 aromatic rings. The Labute approximate surface area is 98.6 Å². The van der Waals surface area contributed by atoms with E-state index >= 15 is 0 Å². The fraction of sp³-hybridized carbons (Fsp3) is 0.462. The summed E-state index contributed by atoms with van der Waals surface area (Å²) < 4.78 is 31.0. The Morgan fingerprint density at radius 2 is 2.12 bits per heavy atom. The fourth-order valence-corrected chi connectivity index (χ4v) is 1.84. The second-order valence-corrected chi connectivity index (χ2v) is 4.32. The monoisotopic (exact) mass is 240 g/mol. The fourth-order valence-electron chi connectivity index (χ4n) is 1.84. The number of carbonyl (C=O) groups is 1. The molecule has 0 N–H and O–H groups in total. The van der Waals surface area contributed by atoms with E-state index in [1.807, 2.05) is 0 Å². The first-order valence-electron chi connectivity index (χ1n) is 5.79. The van der Waals surface area contributed by atoms with Crippen molar-refractivity contribution in [3.63, 3.8) is 0 Å². The Hall–Kier alpha value is -1.45. The van der Waals surface area contributed by atoms with E-state index in [2.05, 4.69) is 0 Å². The third-order valence-electron chi connectivity index (χ3n) is 3.16. The average Bonchev–Trinajstić information content (AvgIpc) is 2.25. The molecule has 2 rings (SSSR count). The molecule has 0 saturated heterocycles. The number of halogens is 2. The minimum absolute atomic E-state index is 0.277. The molecule has 92 valence electrons. The van der Waals surface area contributed by atoms with Crippen molar-refractivity contribution < 1.29 is 18.3 Å². The van der Waals surface area contributed by atoms with Crippen LogP contribution in [0.4, 0.5) is 8.78 Å². The minimum atomic E-state index is -1.14. The third-order valence-corrected chi connectivity index (χ3v) is 3.16. The van der Waals surface area contributed by atoms with Crippen LogP contribution in [0.3, 0.4) is 0 Å². The first-order chi connectivity index (χ1) is 8.18. The molecule has 0 amide bonds. The van der Waals surface area contributed by atoms with Gasteiger partial charge in [-0.15, -0.1) is 0 Å². The van der Waals surface area contributed by atoms with Crippen LogP contribution in [0.5, 0.6) is 0 Å². The van der Waals surface area contributed by atoms with Crippen molar-refractivity contribution in [1.29, 1.82) is 0 Å². The summed E-state index contributed by atoms with van der Waals surface area (Å²) in [6.07, 6.45) is 4.39. The predicted molar refractivity (Wildman–Crippen MR) is 58.6 cm³/mol. The van der Waals surface area contributed by atoms with Crippen LogP contribution in [0.15, 0.2) is 18.2 Å². The van der Waals surface area contributed by atoms with Crippen molar-refractivity contribution in [3.8, 4) is 0 Å². The van der Waals surface area contributed by atoms with Crippen LogP contribution in [0.1, 0.15) is 36.0 Å². The molecule has 1 aliphatic rings. The molecule has 0 spiro atoms. The largest absolute Gasteiger partial charge is 0.462 e. The summed E-state index contributed by atoms with van der Waals surface area (Å²) >= 11 is 0. The lowest BCUT2D eigenvalue weighted by atomic mass is 9.83. The van der Waals surface area contributed by atoms with E-state index in [-0.39, 0.29) is 12.2 Å². The summed E-state index contributed by atoms with van der Waals surface area (Å²) in [6, 6.07) is 3.49. The van der Waals surface area contributed by atoms with Gasteiger partial charge >= 0.3 is 5.97 Å². The number of carbonyl (C=O) groups excluding carboxylic acids is 1. The quantitative estimate of drug-likeness (QED) is 0.755. The van der Waals surface area contributed by atoms with Crippen molar-refractivity contribution in [2.45, 2.75) is 25.7 Å². The Kier molecular flexibility index (Phi) is 3.71. The maximum atomic E-state index is 13.2. The normalized spacial score (nSPS) is 15.4. The summed E-state index contributed by atoms with van der Waals surface area (Å²) in [5.41, 5.74) is -0.335. The van der Waals surface area contributed by atoms with E-state index in [1.54, 1.807) is 0 Å². The minimum Gasteiger partial charge on any atom is -0.462 e. The molecule has 1 aliphatic carbocycles. The summed E-state index contributed by atoms with van der Waals surface area (Å²) in [4.78, 5) is 11.5. The molecule has 0 atom stereocenters. The SMILES string of the molecule is O=C(OCCC1CCC1)c1cccc(F)c1F. The first-order valence-corrected chi connectivity index (χ1v) is 5.79. The number of hydrogen-bond acceptors (Lipinski definition) is 2. The van der Waals surface area contributed by atoms with Crippen molar-refractivity contribution in [2.75, 3.05) is 6.61 Å². The van der Waals surface area contributed by atoms with Crippen LogP contribution < -0.4 is 0 Å². The van der Waals surface area contributed by atoms with Crippen molar-refractivity contribution in [1.82, 2.24) is 0 Å². The van der Waals surface area contributed by atoms with E-state index in [0.717, 1.165) is 12.5 Å². The first kappa shape index (κ1) is 12.0. The highest BCUT2D eigenvalue weighted by Crippen LogP contribution is 2.29. The van der Waals surface area contributed by atoms with Crippen LogP contribution in [-0.4, -0.2) is 12.6 Å². The van der Waals surface area contributed by atoms with E-state index in [0.29, 0.717) is 5.92 Å². The Morgan fingerprint density at radius 3 is 2.76 bits per heavy atom. The number of esters is 1. The molecule has 17 heavy (non-hydrogen) atoms. The molecule has 0 aliphatic heterocycles. The topological polar surface area (TPSA) is 26.3 Å². The molecule has 0 unspecified atom stereocenters. The highest BCUT2D eigenvalue weighted by Gasteiger charge is 2.19. The van der Waals surface area contributed by atoms with Gasteiger partial charge in [-0.3, -0.25) is 0 Å². The maximum Gasteiger partial charge on any atom is 0.341 e. The molecule has 0 heterocycles. The lowest BCUT2D eigenvalue weighted by Crippen LogP contribution is -2.16. The van der Waals surface area contributed by atoms with Gasteiger partial charge < -0.3 is 4.74 Å². The zero-order chi connectivity index (χ0) is 12.3. The smallest absolute Gasteiger partial charge is 0.341 e. The van der Waals surface area contributed by atoms with Crippen LogP contribution in [0.25, 0.3) is 0 Å². The lowest BCUT2D eigenvalue weighted by molar-refractivity contribution is 0.0458. The van der Waals surface area contributed by atoms with Gasteiger partial charge in [-0.25, -0.2) is 13.6 Å². The molecule has 0 bridgehead atoms. The highest BCUT2D eigenvalue weighted by atomic mass is 19.2. The van der Waals surface area contributed by atoms with E-state index in [4.69, 9.17) is 4.74 Å². The standard InChI is InChI=1S/C13H14F2O2/c14-11-6-2-5-10(12(11)15)13(16)17-8-7-9-3-1-4-9/h2,5-6,9H,1,3-4,7-8H2. The van der Waals surface area contributed by atoms with Gasteiger partial charge in [-0.2, -0.15) is 0 Å². The number of rotatable bonds is 4. The van der Waals surface area contributed by atoms with Crippen molar-refractivity contribution in [3.05, 3.63) is 35.4 Å². The third kappa shape index (κ3) is 2.81. The van der Waals surface area contributed by atoms with Gasteiger partial charge in [0.15, 0.2) is 11.6 Å². The Balaban J connectivity index is 1.87. The Morgan fingerprint density at radius 1 is 1.35 bits per heavy atom. The lowest BCUT2D eigenvalue weighted by Gasteiger charge is -2.24. The highest BCUT2D eigenvalue weighted by molar-refractivity contribution is 5.89. The molecule has 1 saturated carbocycles. The van der Waals surface area contributed by atoms with Gasteiger partial charge in [0.05, 0.1) is 12.2 Å². The zero-order valence-electron chi connectivity index (χ0n) is 9.42. The van der Waals surface area contributed by atoms with Crippen LogP contribution in [0, 0.1) is 17.6 Å². The molecule has 1 aromatic carbocycles. The number of ether oxygens (including phenoxy) is 1. The Bertz CT molecular complexity index is 414. The molecule has 0 aromatic heterocycles. The van der Waals surface area contributed by atoms with Gasteiger partial charge in [0.25, 0.3) is 0 Å². The van der Waals surface area contributed by atoms with Crippen molar-refractivity contribution >= 4 is 5.97 Å². The molecule has 0 radical (unpaired) electrons. The molecule has 4 heteroatoms.